The van der Waals surface area contributed by atoms with Crippen LogP contribution in [0.5, 0.6) is 0 Å². The minimum absolute atomic E-state index is 0.251. The number of nitrogens with one attached hydrogen (secondary N) is 1. The van der Waals surface area contributed by atoms with E-state index in [4.69, 9.17) is 28.9 Å². The van der Waals surface area contributed by atoms with Crippen LogP contribution in [0.15, 0.2) is 12.1 Å². The van der Waals surface area contributed by atoms with E-state index in [2.05, 4.69) is 5.32 Å². The second kappa shape index (κ2) is 2.87. The largest absolute Gasteiger partial charge is 0.323 e. The Morgan fingerprint density at radius 3 is 2.77 bits per heavy atom. The SMILES string of the molecule is NC1C(=O)Nc2c(Cl)cc(Cl)cc21. The van der Waals surface area contributed by atoms with Gasteiger partial charge in [-0.05, 0) is 12.1 Å². The Morgan fingerprint density at radius 2 is 2.08 bits per heavy atom. The normalized spacial score (nSPS) is 19.9. The first-order chi connectivity index (χ1) is 6.09. The number of hydrogen-bond donors (Lipinski definition) is 2. The van der Waals surface area contributed by atoms with E-state index in [-0.39, 0.29) is 5.91 Å². The zero-order valence-electron chi connectivity index (χ0n) is 6.47. The van der Waals surface area contributed by atoms with Gasteiger partial charge in [0.05, 0.1) is 10.7 Å². The maximum Gasteiger partial charge on any atom is 0.246 e. The van der Waals surface area contributed by atoms with Crippen LogP contribution >= 0.6 is 23.2 Å². The second-order valence-electron chi connectivity index (χ2n) is 2.82. The monoisotopic (exact) mass is 216 g/mol. The van der Waals surface area contributed by atoms with Gasteiger partial charge in [-0.2, -0.15) is 0 Å². The number of amides is 1. The first-order valence-electron chi connectivity index (χ1n) is 3.65. The van der Waals surface area contributed by atoms with Crippen LogP contribution in [0, 0.1) is 0 Å². The van der Waals surface area contributed by atoms with Crippen molar-refractivity contribution < 1.29 is 4.79 Å². The van der Waals surface area contributed by atoms with Gasteiger partial charge >= 0.3 is 0 Å². The van der Waals surface area contributed by atoms with Crippen molar-refractivity contribution in [2.24, 2.45) is 5.73 Å². The molecule has 0 bridgehead atoms. The highest BCUT2D eigenvalue weighted by molar-refractivity contribution is 6.37. The second-order valence-corrected chi connectivity index (χ2v) is 3.66. The number of carbonyl (C=O) groups excluding carboxylic acids is 1. The number of nitrogens with two attached hydrogens (primary N) is 1. The van der Waals surface area contributed by atoms with Crippen molar-refractivity contribution in [3.05, 3.63) is 27.7 Å². The van der Waals surface area contributed by atoms with Gasteiger partial charge in [0.1, 0.15) is 6.04 Å². The third-order valence-corrected chi connectivity index (χ3v) is 2.47. The molecule has 1 aromatic rings. The Hall–Kier alpha value is -0.770. The molecule has 1 unspecified atom stereocenters. The fourth-order valence-electron chi connectivity index (χ4n) is 1.31. The van der Waals surface area contributed by atoms with E-state index in [0.717, 1.165) is 0 Å². The van der Waals surface area contributed by atoms with Crippen molar-refractivity contribution in [2.45, 2.75) is 6.04 Å². The maximum absolute atomic E-state index is 11.2. The standard InChI is InChI=1S/C8H6Cl2N2O/c9-3-1-4-6(11)8(13)12-7(4)5(10)2-3/h1-2,6H,11H2,(H,12,13). The fraction of sp³-hybridized carbons (Fsp3) is 0.125. The summed E-state index contributed by atoms with van der Waals surface area (Å²) in [5.41, 5.74) is 6.83. The Bertz CT molecular complexity index is 392. The molecule has 5 heteroatoms. The van der Waals surface area contributed by atoms with E-state index in [0.29, 0.717) is 21.3 Å². The average Bonchev–Trinajstić information content (AvgIpc) is 2.32. The van der Waals surface area contributed by atoms with E-state index in [1.165, 1.54) is 0 Å². The molecule has 3 N–H and O–H groups in total. The van der Waals surface area contributed by atoms with Crippen molar-refractivity contribution >= 4 is 34.8 Å². The Labute approximate surface area is 84.8 Å². The number of fused-ring (bicyclic) bond motifs is 1. The fourth-order valence-corrected chi connectivity index (χ4v) is 1.87. The quantitative estimate of drug-likeness (QED) is 0.697. The maximum atomic E-state index is 11.2. The van der Waals surface area contributed by atoms with Crippen LogP contribution in [0.2, 0.25) is 10.0 Å². The lowest BCUT2D eigenvalue weighted by molar-refractivity contribution is -0.116. The van der Waals surface area contributed by atoms with Gasteiger partial charge in [0.2, 0.25) is 5.91 Å². The molecule has 2 rings (SSSR count). The average molecular weight is 217 g/mol. The van der Waals surface area contributed by atoms with Gasteiger partial charge in [-0.3, -0.25) is 4.79 Å². The Balaban J connectivity index is 2.63. The van der Waals surface area contributed by atoms with Gasteiger partial charge < -0.3 is 11.1 Å². The van der Waals surface area contributed by atoms with E-state index < -0.39 is 6.04 Å². The minimum atomic E-state index is -0.661. The molecular weight excluding hydrogens is 211 g/mol. The van der Waals surface area contributed by atoms with Crippen molar-refractivity contribution in [1.82, 2.24) is 0 Å². The molecule has 68 valence electrons. The van der Waals surface area contributed by atoms with Crippen LogP contribution < -0.4 is 11.1 Å². The van der Waals surface area contributed by atoms with Gasteiger partial charge in [-0.25, -0.2) is 0 Å². The van der Waals surface area contributed by atoms with Crippen LogP contribution in [-0.4, -0.2) is 5.91 Å². The third kappa shape index (κ3) is 1.29. The number of anilines is 1. The van der Waals surface area contributed by atoms with Crippen molar-refractivity contribution in [2.75, 3.05) is 5.32 Å². The summed E-state index contributed by atoms with van der Waals surface area (Å²) in [6, 6.07) is 2.55. The lowest BCUT2D eigenvalue weighted by Crippen LogP contribution is -2.19. The molecular formula is C8H6Cl2N2O. The molecule has 0 radical (unpaired) electrons. The highest BCUT2D eigenvalue weighted by Crippen LogP contribution is 2.37. The molecule has 1 aliphatic heterocycles. The van der Waals surface area contributed by atoms with Crippen LogP contribution in [0.25, 0.3) is 0 Å². The molecule has 1 amide bonds. The highest BCUT2D eigenvalue weighted by Gasteiger charge is 2.29. The van der Waals surface area contributed by atoms with Crippen LogP contribution in [0.4, 0.5) is 5.69 Å². The van der Waals surface area contributed by atoms with E-state index in [1.54, 1.807) is 12.1 Å². The molecule has 1 aliphatic rings. The van der Waals surface area contributed by atoms with Gasteiger partial charge in [-0.15, -0.1) is 0 Å². The van der Waals surface area contributed by atoms with E-state index >= 15 is 0 Å². The molecule has 13 heavy (non-hydrogen) atoms. The first-order valence-corrected chi connectivity index (χ1v) is 4.40. The molecule has 0 spiro atoms. The predicted octanol–water partition coefficient (Wildman–Crippen LogP) is 1.95. The summed E-state index contributed by atoms with van der Waals surface area (Å²) >= 11 is 11.6. The number of benzene rings is 1. The predicted molar refractivity (Wildman–Crippen MR) is 52.0 cm³/mol. The summed E-state index contributed by atoms with van der Waals surface area (Å²) in [5.74, 6) is -0.251. The van der Waals surface area contributed by atoms with Crippen molar-refractivity contribution in [3.8, 4) is 0 Å². The summed E-state index contributed by atoms with van der Waals surface area (Å²) in [4.78, 5) is 11.2. The van der Waals surface area contributed by atoms with Gasteiger partial charge in [-0.1, -0.05) is 23.2 Å². The molecule has 3 nitrogen and oxygen atoms in total. The van der Waals surface area contributed by atoms with Crippen LogP contribution in [0.3, 0.4) is 0 Å². The summed E-state index contributed by atoms with van der Waals surface area (Å²) in [7, 11) is 0. The molecule has 0 aromatic heterocycles. The van der Waals surface area contributed by atoms with E-state index in [9.17, 15) is 4.79 Å². The van der Waals surface area contributed by atoms with Crippen LogP contribution in [-0.2, 0) is 4.79 Å². The number of carbonyl (C=O) groups is 1. The van der Waals surface area contributed by atoms with E-state index in [1.807, 2.05) is 0 Å². The summed E-state index contributed by atoms with van der Waals surface area (Å²) in [5, 5.41) is 3.49. The van der Waals surface area contributed by atoms with Gasteiger partial charge in [0.25, 0.3) is 0 Å². The molecule has 0 saturated heterocycles. The third-order valence-electron chi connectivity index (χ3n) is 1.95. The summed E-state index contributed by atoms with van der Waals surface area (Å²) in [6.45, 7) is 0. The molecule has 0 fully saturated rings. The summed E-state index contributed by atoms with van der Waals surface area (Å²) in [6.07, 6.45) is 0. The number of rotatable bonds is 0. The van der Waals surface area contributed by atoms with Gasteiger partial charge in [0, 0.05) is 10.6 Å². The smallest absolute Gasteiger partial charge is 0.246 e. The van der Waals surface area contributed by atoms with Gasteiger partial charge in [0.15, 0.2) is 0 Å². The Morgan fingerprint density at radius 1 is 1.38 bits per heavy atom. The molecule has 0 aliphatic carbocycles. The number of halogens is 2. The molecule has 0 saturated carbocycles. The molecule has 1 atom stereocenters. The first kappa shape index (κ1) is 8.81. The highest BCUT2D eigenvalue weighted by atomic mass is 35.5. The summed E-state index contributed by atoms with van der Waals surface area (Å²) < 4.78 is 0. The topological polar surface area (TPSA) is 55.1 Å². The van der Waals surface area contributed by atoms with Crippen LogP contribution in [0.1, 0.15) is 11.6 Å². The Kier molecular flexibility index (Phi) is 1.95. The zero-order valence-corrected chi connectivity index (χ0v) is 7.99. The minimum Gasteiger partial charge on any atom is -0.323 e. The zero-order chi connectivity index (χ0) is 9.59. The lowest BCUT2D eigenvalue weighted by atomic mass is 10.1. The number of hydrogen-bond acceptors (Lipinski definition) is 2. The molecule has 1 heterocycles. The lowest BCUT2D eigenvalue weighted by Gasteiger charge is -2.03. The van der Waals surface area contributed by atoms with Crippen molar-refractivity contribution in [1.29, 1.82) is 0 Å². The van der Waals surface area contributed by atoms with Crippen molar-refractivity contribution in [3.63, 3.8) is 0 Å². The molecule has 1 aromatic carbocycles.